The van der Waals surface area contributed by atoms with Crippen LogP contribution in [-0.4, -0.2) is 13.4 Å². The van der Waals surface area contributed by atoms with Crippen molar-refractivity contribution in [2.45, 2.75) is 4.90 Å². The Morgan fingerprint density at radius 1 is 1.16 bits per heavy atom. The Balaban J connectivity index is 2.38. The van der Waals surface area contributed by atoms with E-state index in [0.717, 1.165) is 0 Å². The standard InChI is InChI=1S/C11H9Cl2N3O2S/c12-7-1-2-10(9(14)5-7)19(17,18)16-8-3-4-15-11(13)6-8/h1-6H,14H2,(H,15,16). The smallest absolute Gasteiger partial charge is 0.263 e. The molecule has 1 heterocycles. The summed E-state index contributed by atoms with van der Waals surface area (Å²) in [5.41, 5.74) is 6.02. The van der Waals surface area contributed by atoms with E-state index in [2.05, 4.69) is 9.71 Å². The molecule has 0 saturated carbocycles. The Hall–Kier alpha value is -1.50. The van der Waals surface area contributed by atoms with E-state index in [1.807, 2.05) is 0 Å². The largest absolute Gasteiger partial charge is 0.398 e. The number of nitrogens with two attached hydrogens (primary N) is 1. The summed E-state index contributed by atoms with van der Waals surface area (Å²) in [6.45, 7) is 0. The van der Waals surface area contributed by atoms with Crippen LogP contribution in [0.15, 0.2) is 41.4 Å². The molecule has 5 nitrogen and oxygen atoms in total. The number of halogens is 2. The third-order valence-electron chi connectivity index (χ3n) is 2.24. The molecule has 0 spiro atoms. The Morgan fingerprint density at radius 3 is 2.53 bits per heavy atom. The summed E-state index contributed by atoms with van der Waals surface area (Å²) in [5, 5.41) is 0.549. The van der Waals surface area contributed by atoms with E-state index in [1.165, 1.54) is 36.5 Å². The quantitative estimate of drug-likeness (QED) is 0.673. The van der Waals surface area contributed by atoms with Gasteiger partial charge in [-0.15, -0.1) is 0 Å². The maximum atomic E-state index is 12.1. The molecule has 0 fully saturated rings. The number of aromatic nitrogens is 1. The van der Waals surface area contributed by atoms with Crippen LogP contribution in [0.1, 0.15) is 0 Å². The number of hydrogen-bond donors (Lipinski definition) is 2. The van der Waals surface area contributed by atoms with Gasteiger partial charge in [-0.25, -0.2) is 13.4 Å². The highest BCUT2D eigenvalue weighted by molar-refractivity contribution is 7.92. The van der Waals surface area contributed by atoms with Crippen molar-refractivity contribution in [3.05, 3.63) is 46.7 Å². The molecule has 2 rings (SSSR count). The molecule has 19 heavy (non-hydrogen) atoms. The van der Waals surface area contributed by atoms with Crippen molar-refractivity contribution < 1.29 is 8.42 Å². The molecule has 0 aliphatic rings. The lowest BCUT2D eigenvalue weighted by Gasteiger charge is -2.10. The average molecular weight is 318 g/mol. The van der Waals surface area contributed by atoms with Crippen LogP contribution in [0, 0.1) is 0 Å². The van der Waals surface area contributed by atoms with Crippen LogP contribution < -0.4 is 10.5 Å². The third-order valence-corrected chi connectivity index (χ3v) is 4.14. The van der Waals surface area contributed by atoms with Crippen molar-refractivity contribution in [3.8, 4) is 0 Å². The highest BCUT2D eigenvalue weighted by Gasteiger charge is 2.17. The molecule has 0 atom stereocenters. The highest BCUT2D eigenvalue weighted by atomic mass is 35.5. The lowest BCUT2D eigenvalue weighted by atomic mass is 10.3. The maximum Gasteiger partial charge on any atom is 0.263 e. The predicted molar refractivity (Wildman–Crippen MR) is 75.9 cm³/mol. The molecule has 0 radical (unpaired) electrons. The van der Waals surface area contributed by atoms with Crippen LogP contribution in [0.2, 0.25) is 10.2 Å². The molecular formula is C11H9Cl2N3O2S. The topological polar surface area (TPSA) is 85.1 Å². The molecule has 0 aliphatic heterocycles. The molecule has 8 heteroatoms. The molecule has 0 aliphatic carbocycles. The van der Waals surface area contributed by atoms with Crippen LogP contribution >= 0.6 is 23.2 Å². The van der Waals surface area contributed by atoms with Gasteiger partial charge in [-0.3, -0.25) is 4.72 Å². The summed E-state index contributed by atoms with van der Waals surface area (Å²) in [6, 6.07) is 7.03. The molecule has 0 saturated heterocycles. The van der Waals surface area contributed by atoms with E-state index < -0.39 is 10.0 Å². The van der Waals surface area contributed by atoms with Gasteiger partial charge in [0.15, 0.2) is 0 Å². The van der Waals surface area contributed by atoms with E-state index in [0.29, 0.717) is 10.7 Å². The fourth-order valence-corrected chi connectivity index (χ4v) is 2.96. The van der Waals surface area contributed by atoms with Gasteiger partial charge in [0, 0.05) is 11.2 Å². The van der Waals surface area contributed by atoms with Crippen LogP contribution in [0.25, 0.3) is 0 Å². The normalized spacial score (nSPS) is 11.3. The number of rotatable bonds is 3. The summed E-state index contributed by atoms with van der Waals surface area (Å²) < 4.78 is 26.7. The monoisotopic (exact) mass is 317 g/mol. The van der Waals surface area contributed by atoms with E-state index in [1.54, 1.807) is 0 Å². The predicted octanol–water partition coefficient (Wildman–Crippen LogP) is 2.77. The number of nitrogens with one attached hydrogen (secondary N) is 1. The van der Waals surface area contributed by atoms with E-state index in [9.17, 15) is 8.42 Å². The second-order valence-electron chi connectivity index (χ2n) is 3.65. The number of nitrogen functional groups attached to an aromatic ring is 1. The Bertz CT molecular complexity index is 720. The number of anilines is 2. The molecule has 0 amide bonds. The van der Waals surface area contributed by atoms with Gasteiger partial charge in [-0.2, -0.15) is 0 Å². The van der Waals surface area contributed by atoms with Crippen molar-refractivity contribution in [1.29, 1.82) is 0 Å². The van der Waals surface area contributed by atoms with Crippen LogP contribution in [0.5, 0.6) is 0 Å². The first-order chi connectivity index (χ1) is 8.88. The Labute approximate surface area is 120 Å². The summed E-state index contributed by atoms with van der Waals surface area (Å²) in [5.74, 6) is 0. The van der Waals surface area contributed by atoms with Crippen LogP contribution in [-0.2, 0) is 10.0 Å². The van der Waals surface area contributed by atoms with Gasteiger partial charge < -0.3 is 5.73 Å². The molecule has 1 aromatic heterocycles. The maximum absolute atomic E-state index is 12.1. The molecule has 1 aromatic carbocycles. The number of nitrogens with zero attached hydrogens (tertiary/aromatic N) is 1. The zero-order valence-corrected chi connectivity index (χ0v) is 11.8. The van der Waals surface area contributed by atoms with Crippen molar-refractivity contribution >= 4 is 44.6 Å². The fourth-order valence-electron chi connectivity index (χ4n) is 1.44. The lowest BCUT2D eigenvalue weighted by molar-refractivity contribution is 0.601. The van der Waals surface area contributed by atoms with Crippen molar-refractivity contribution in [2.75, 3.05) is 10.5 Å². The van der Waals surface area contributed by atoms with Crippen molar-refractivity contribution in [3.63, 3.8) is 0 Å². The molecule has 2 aromatic rings. The first-order valence-corrected chi connectivity index (χ1v) is 7.32. The Kier molecular flexibility index (Phi) is 3.84. The molecule has 0 unspecified atom stereocenters. The minimum Gasteiger partial charge on any atom is -0.398 e. The average Bonchev–Trinajstić information content (AvgIpc) is 2.27. The molecule has 100 valence electrons. The summed E-state index contributed by atoms with van der Waals surface area (Å²) in [6.07, 6.45) is 1.39. The second-order valence-corrected chi connectivity index (χ2v) is 6.13. The third kappa shape index (κ3) is 3.28. The minimum absolute atomic E-state index is 0.0511. The summed E-state index contributed by atoms with van der Waals surface area (Å²) in [7, 11) is -3.80. The fraction of sp³-hybridized carbons (Fsp3) is 0. The number of pyridine rings is 1. The van der Waals surface area contributed by atoms with Crippen molar-refractivity contribution in [1.82, 2.24) is 4.98 Å². The lowest BCUT2D eigenvalue weighted by Crippen LogP contribution is -2.14. The summed E-state index contributed by atoms with van der Waals surface area (Å²) >= 11 is 11.4. The summed E-state index contributed by atoms with van der Waals surface area (Å²) in [4.78, 5) is 3.71. The number of hydrogen-bond acceptors (Lipinski definition) is 4. The van der Waals surface area contributed by atoms with Gasteiger partial charge in [0.05, 0.1) is 11.4 Å². The number of benzene rings is 1. The second kappa shape index (κ2) is 5.24. The van der Waals surface area contributed by atoms with Gasteiger partial charge in [-0.05, 0) is 30.3 Å². The van der Waals surface area contributed by atoms with Gasteiger partial charge in [-0.1, -0.05) is 23.2 Å². The zero-order valence-electron chi connectivity index (χ0n) is 9.47. The van der Waals surface area contributed by atoms with Gasteiger partial charge in [0.2, 0.25) is 0 Å². The van der Waals surface area contributed by atoms with E-state index in [4.69, 9.17) is 28.9 Å². The molecule has 3 N–H and O–H groups in total. The van der Waals surface area contributed by atoms with Gasteiger partial charge in [0.1, 0.15) is 10.0 Å². The first-order valence-electron chi connectivity index (χ1n) is 5.08. The van der Waals surface area contributed by atoms with E-state index >= 15 is 0 Å². The van der Waals surface area contributed by atoms with Crippen LogP contribution in [0.4, 0.5) is 11.4 Å². The SMILES string of the molecule is Nc1cc(Cl)ccc1S(=O)(=O)Nc1ccnc(Cl)c1. The van der Waals surface area contributed by atoms with Gasteiger partial charge in [0.25, 0.3) is 10.0 Å². The molecular weight excluding hydrogens is 309 g/mol. The van der Waals surface area contributed by atoms with E-state index in [-0.39, 0.29) is 15.7 Å². The van der Waals surface area contributed by atoms with Gasteiger partial charge >= 0.3 is 0 Å². The highest BCUT2D eigenvalue weighted by Crippen LogP contribution is 2.25. The number of sulfonamides is 1. The Morgan fingerprint density at radius 2 is 1.89 bits per heavy atom. The molecule has 0 bridgehead atoms. The first kappa shape index (κ1) is 13.9. The van der Waals surface area contributed by atoms with Crippen molar-refractivity contribution in [2.24, 2.45) is 0 Å². The van der Waals surface area contributed by atoms with Crippen LogP contribution in [0.3, 0.4) is 0 Å². The zero-order chi connectivity index (χ0) is 14.0. The minimum atomic E-state index is -3.80.